The van der Waals surface area contributed by atoms with E-state index >= 15 is 0 Å². The SMILES string of the molecule is CC(C)(C)OC(=O)N1CCC(CC#N)(N2NC(=Nc3ccc([C@@H](O)C(F)(F)F)cc3)C3C(=O)N=CC=C32)CC1. The van der Waals surface area contributed by atoms with Gasteiger partial charge in [-0.1, -0.05) is 12.1 Å². The second-order valence-corrected chi connectivity index (χ2v) is 10.6. The molecule has 0 saturated carbocycles. The highest BCUT2D eigenvalue weighted by atomic mass is 19.4. The van der Waals surface area contributed by atoms with E-state index in [4.69, 9.17) is 4.74 Å². The maximum atomic E-state index is 12.8. The number of nitrogens with zero attached hydrogens (tertiary/aromatic N) is 5. The Balaban J connectivity index is 1.60. The molecule has 1 unspecified atom stereocenters. The van der Waals surface area contributed by atoms with Crippen LogP contribution in [0.1, 0.15) is 51.7 Å². The number of hydrogen-bond acceptors (Lipinski definition) is 7. The average Bonchev–Trinajstić information content (AvgIpc) is 3.23. The minimum absolute atomic E-state index is 0.0921. The van der Waals surface area contributed by atoms with Crippen LogP contribution in [0.25, 0.3) is 0 Å². The lowest BCUT2D eigenvalue weighted by molar-refractivity contribution is -0.206. The summed E-state index contributed by atoms with van der Waals surface area (Å²) >= 11 is 0. The van der Waals surface area contributed by atoms with Crippen molar-refractivity contribution in [2.24, 2.45) is 15.9 Å². The zero-order valence-corrected chi connectivity index (χ0v) is 21.7. The number of likely N-dealkylation sites (tertiary alicyclic amines) is 1. The summed E-state index contributed by atoms with van der Waals surface area (Å²) in [6.07, 6.45) is -3.95. The molecule has 208 valence electrons. The Bertz CT molecular complexity index is 1250. The van der Waals surface area contributed by atoms with Crippen molar-refractivity contribution in [1.29, 1.82) is 5.26 Å². The highest BCUT2D eigenvalue weighted by Gasteiger charge is 2.50. The third kappa shape index (κ3) is 5.90. The maximum Gasteiger partial charge on any atom is 0.418 e. The molecule has 3 aliphatic heterocycles. The van der Waals surface area contributed by atoms with Gasteiger partial charge < -0.3 is 14.7 Å². The molecule has 10 nitrogen and oxygen atoms in total. The van der Waals surface area contributed by atoms with E-state index in [1.807, 2.05) is 0 Å². The molecular formula is C26H29F3N6O4. The van der Waals surface area contributed by atoms with Gasteiger partial charge in [0.1, 0.15) is 17.4 Å². The number of carbonyl (C=O) groups excluding carboxylic acids is 2. The number of amidine groups is 1. The standard InChI is InChI=1S/C26H29F3N6O4/c1-24(2,3)39-23(38)34-14-10-25(9-12-30,11-15-34)35-18-8-13-31-22(37)19(18)21(33-35)32-17-6-4-16(5-7-17)20(36)26(27,28)29/h4-8,13,19-20,36H,9-11,14-15H2,1-3H3,(H,32,33)/t19?,20-/m1/s1. The van der Waals surface area contributed by atoms with Crippen LogP contribution in [0.4, 0.5) is 23.7 Å². The predicted octanol–water partition coefficient (Wildman–Crippen LogP) is 3.93. The first kappa shape index (κ1) is 28.1. The third-order valence-corrected chi connectivity index (χ3v) is 6.74. The van der Waals surface area contributed by atoms with Crippen LogP contribution in [-0.2, 0) is 9.53 Å². The van der Waals surface area contributed by atoms with Crippen LogP contribution in [0.15, 0.2) is 46.0 Å². The number of ether oxygens (including phenoxy) is 1. The first-order valence-corrected chi connectivity index (χ1v) is 12.4. The van der Waals surface area contributed by atoms with Crippen molar-refractivity contribution >= 4 is 29.7 Å². The van der Waals surface area contributed by atoms with Crippen molar-refractivity contribution in [3.8, 4) is 6.07 Å². The number of aliphatic hydroxyl groups excluding tert-OH is 1. The number of fused-ring (bicyclic) bond motifs is 1. The number of hydrazine groups is 1. The van der Waals surface area contributed by atoms with Gasteiger partial charge >= 0.3 is 12.3 Å². The Morgan fingerprint density at radius 3 is 2.49 bits per heavy atom. The first-order chi connectivity index (χ1) is 18.2. The van der Waals surface area contributed by atoms with Crippen LogP contribution in [-0.4, -0.2) is 69.5 Å². The van der Waals surface area contributed by atoms with Crippen LogP contribution in [0, 0.1) is 17.2 Å². The van der Waals surface area contributed by atoms with Gasteiger partial charge in [-0.25, -0.2) is 14.8 Å². The number of aliphatic imine (C=N–C) groups is 2. The van der Waals surface area contributed by atoms with E-state index < -0.39 is 41.3 Å². The van der Waals surface area contributed by atoms with Crippen LogP contribution in [0.3, 0.4) is 0 Å². The number of nitriles is 1. The van der Waals surface area contributed by atoms with Gasteiger partial charge in [0.15, 0.2) is 6.10 Å². The summed E-state index contributed by atoms with van der Waals surface area (Å²) in [4.78, 5) is 35.3. The van der Waals surface area contributed by atoms with Gasteiger partial charge in [0.2, 0.25) is 0 Å². The number of benzene rings is 1. The Labute approximate surface area is 223 Å². The molecule has 39 heavy (non-hydrogen) atoms. The fourth-order valence-corrected chi connectivity index (χ4v) is 4.79. The van der Waals surface area contributed by atoms with Gasteiger partial charge in [-0.15, -0.1) is 0 Å². The van der Waals surface area contributed by atoms with E-state index in [1.165, 1.54) is 18.3 Å². The summed E-state index contributed by atoms with van der Waals surface area (Å²) in [6.45, 7) is 5.99. The number of piperidine rings is 1. The Hall–Kier alpha value is -3.92. The number of allylic oxidation sites excluding steroid dienone is 1. The fourth-order valence-electron chi connectivity index (χ4n) is 4.79. The Morgan fingerprint density at radius 1 is 1.28 bits per heavy atom. The first-order valence-electron chi connectivity index (χ1n) is 12.4. The monoisotopic (exact) mass is 546 g/mol. The molecule has 13 heteroatoms. The molecule has 0 radical (unpaired) electrons. The molecule has 3 heterocycles. The van der Waals surface area contributed by atoms with E-state index in [0.29, 0.717) is 31.6 Å². The molecule has 2 saturated heterocycles. The van der Waals surface area contributed by atoms with Gasteiger partial charge in [-0.05, 0) is 57.4 Å². The Morgan fingerprint density at radius 2 is 1.92 bits per heavy atom. The second-order valence-electron chi connectivity index (χ2n) is 10.6. The molecule has 0 spiro atoms. The summed E-state index contributed by atoms with van der Waals surface area (Å²) in [5.74, 6) is -1.17. The highest BCUT2D eigenvalue weighted by Crippen LogP contribution is 2.40. The van der Waals surface area contributed by atoms with Gasteiger partial charge in [0.25, 0.3) is 5.91 Å². The van der Waals surface area contributed by atoms with Crippen molar-refractivity contribution in [1.82, 2.24) is 15.3 Å². The predicted molar refractivity (Wildman–Crippen MR) is 135 cm³/mol. The topological polar surface area (TPSA) is 131 Å². The second kappa shape index (κ2) is 10.3. The molecule has 1 aromatic rings. The molecule has 2 amide bonds. The zero-order chi connectivity index (χ0) is 28.6. The number of amides is 2. The normalized spacial score (nSPS) is 22.6. The quantitative estimate of drug-likeness (QED) is 0.585. The molecule has 2 atom stereocenters. The van der Waals surface area contributed by atoms with E-state index in [0.717, 1.165) is 12.1 Å². The van der Waals surface area contributed by atoms with Crippen LogP contribution >= 0.6 is 0 Å². The molecule has 2 fully saturated rings. The maximum absolute atomic E-state index is 12.8. The van der Waals surface area contributed by atoms with Crippen molar-refractivity contribution in [3.05, 3.63) is 41.6 Å². The van der Waals surface area contributed by atoms with Gasteiger partial charge in [-0.2, -0.15) is 18.4 Å². The minimum Gasteiger partial charge on any atom is -0.444 e. The van der Waals surface area contributed by atoms with Crippen molar-refractivity contribution in [2.75, 3.05) is 13.1 Å². The number of alkyl halides is 3. The molecule has 1 aromatic carbocycles. The third-order valence-electron chi connectivity index (χ3n) is 6.74. The van der Waals surface area contributed by atoms with Gasteiger partial charge in [-0.3, -0.25) is 15.2 Å². The van der Waals surface area contributed by atoms with Crippen LogP contribution < -0.4 is 5.43 Å². The molecule has 0 bridgehead atoms. The van der Waals surface area contributed by atoms with E-state index in [2.05, 4.69) is 21.5 Å². The number of aliphatic hydroxyl groups is 1. The fraction of sp³-hybridized carbons (Fsp3) is 0.500. The summed E-state index contributed by atoms with van der Waals surface area (Å²) < 4.78 is 44.0. The van der Waals surface area contributed by atoms with E-state index in [-0.39, 0.29) is 23.5 Å². The van der Waals surface area contributed by atoms with E-state index in [1.54, 1.807) is 36.8 Å². The molecule has 3 aliphatic rings. The molecule has 0 aromatic heterocycles. The van der Waals surface area contributed by atoms with Crippen LogP contribution in [0.2, 0.25) is 0 Å². The van der Waals surface area contributed by atoms with Gasteiger partial charge in [0, 0.05) is 19.3 Å². The number of rotatable bonds is 4. The summed E-state index contributed by atoms with van der Waals surface area (Å²) in [7, 11) is 0. The zero-order valence-electron chi connectivity index (χ0n) is 21.7. The lowest BCUT2D eigenvalue weighted by atomic mass is 9.83. The van der Waals surface area contributed by atoms with Crippen LogP contribution in [0.5, 0.6) is 0 Å². The number of carbonyl (C=O) groups is 2. The average molecular weight is 547 g/mol. The highest BCUT2D eigenvalue weighted by molar-refractivity contribution is 6.12. The molecular weight excluding hydrogens is 517 g/mol. The van der Waals surface area contributed by atoms with Crippen molar-refractivity contribution < 1.29 is 32.6 Å². The molecule has 2 N–H and O–H groups in total. The molecule has 4 rings (SSSR count). The summed E-state index contributed by atoms with van der Waals surface area (Å²) in [5, 5.41) is 20.9. The molecule has 0 aliphatic carbocycles. The van der Waals surface area contributed by atoms with E-state index in [9.17, 15) is 33.1 Å². The lowest BCUT2D eigenvalue weighted by Crippen LogP contribution is -2.58. The number of dihydropyridines is 1. The number of halogens is 3. The van der Waals surface area contributed by atoms with Gasteiger partial charge in [0.05, 0.1) is 29.4 Å². The minimum atomic E-state index is -4.80. The van der Waals surface area contributed by atoms with Crippen molar-refractivity contribution in [3.63, 3.8) is 0 Å². The number of nitrogens with one attached hydrogen (secondary N) is 1. The Kier molecular flexibility index (Phi) is 7.44. The number of hydrogen-bond donors (Lipinski definition) is 2. The summed E-state index contributed by atoms with van der Waals surface area (Å²) in [6, 6.07) is 7.08. The van der Waals surface area contributed by atoms with Crippen molar-refractivity contribution in [2.45, 2.75) is 63.5 Å². The summed E-state index contributed by atoms with van der Waals surface area (Å²) in [5.41, 5.74) is 2.18. The smallest absolute Gasteiger partial charge is 0.418 e. The lowest BCUT2D eigenvalue weighted by Gasteiger charge is -2.47. The largest absolute Gasteiger partial charge is 0.444 e.